The van der Waals surface area contributed by atoms with Crippen molar-refractivity contribution in [3.63, 3.8) is 0 Å². The third-order valence-electron chi connectivity index (χ3n) is 2.28. The van der Waals surface area contributed by atoms with Crippen LogP contribution in [0.5, 0.6) is 0 Å². The minimum absolute atomic E-state index is 0.0417. The number of carbonyl (C=O) groups excluding carboxylic acids is 1. The van der Waals surface area contributed by atoms with Crippen LogP contribution >= 0.6 is 0 Å². The van der Waals surface area contributed by atoms with E-state index in [0.717, 1.165) is 0 Å². The van der Waals surface area contributed by atoms with Gasteiger partial charge < -0.3 is 4.52 Å². The van der Waals surface area contributed by atoms with Crippen LogP contribution in [0.2, 0.25) is 0 Å². The van der Waals surface area contributed by atoms with E-state index in [0.29, 0.717) is 5.69 Å². The molecule has 2 aromatic rings. The normalized spacial score (nSPS) is 10.2. The Morgan fingerprint density at radius 1 is 1.41 bits per heavy atom. The Kier molecular flexibility index (Phi) is 2.73. The summed E-state index contributed by atoms with van der Waals surface area (Å²) >= 11 is 0. The summed E-state index contributed by atoms with van der Waals surface area (Å²) < 4.78 is 6.00. The largest absolute Gasteiger partial charge is 0.370 e. The highest BCUT2D eigenvalue weighted by atomic mass is 16.5. The van der Waals surface area contributed by atoms with E-state index in [4.69, 9.17) is 4.52 Å². The third kappa shape index (κ3) is 2.07. The highest BCUT2D eigenvalue weighted by Crippen LogP contribution is 2.05. The maximum absolute atomic E-state index is 11.8. The molecule has 88 valence electrons. The minimum Gasteiger partial charge on any atom is -0.336 e. The quantitative estimate of drug-likeness (QED) is 0.808. The van der Waals surface area contributed by atoms with E-state index in [1.807, 2.05) is 0 Å². The number of aromatic nitrogens is 3. The molecule has 2 heterocycles. The van der Waals surface area contributed by atoms with Crippen molar-refractivity contribution >= 4 is 11.9 Å². The highest BCUT2D eigenvalue weighted by Gasteiger charge is 2.20. The molecule has 0 unspecified atom stereocenters. The number of nitrogens with zero attached hydrogens (tertiary/aromatic N) is 3. The molecule has 0 atom stereocenters. The van der Waals surface area contributed by atoms with Gasteiger partial charge in [0.1, 0.15) is 5.56 Å². The Hall–Kier alpha value is -2.44. The predicted molar refractivity (Wildman–Crippen MR) is 58.7 cm³/mol. The number of amides is 1. The summed E-state index contributed by atoms with van der Waals surface area (Å²) in [6, 6.07) is 1.62. The van der Waals surface area contributed by atoms with Gasteiger partial charge in [-0.25, -0.2) is 19.5 Å². The second kappa shape index (κ2) is 4.20. The predicted octanol–water partition coefficient (Wildman–Crippen LogP) is 0.329. The third-order valence-corrected chi connectivity index (χ3v) is 2.28. The Labute approximate surface area is 96.1 Å². The zero-order chi connectivity index (χ0) is 12.4. The summed E-state index contributed by atoms with van der Waals surface area (Å²) in [5, 5.41) is 2.42. The van der Waals surface area contributed by atoms with Gasteiger partial charge in [0.15, 0.2) is 0 Å². The van der Waals surface area contributed by atoms with Gasteiger partial charge in [0.05, 0.1) is 5.69 Å². The van der Waals surface area contributed by atoms with Gasteiger partial charge in [0.2, 0.25) is 5.95 Å². The van der Waals surface area contributed by atoms with Crippen LogP contribution in [0.1, 0.15) is 16.1 Å². The molecule has 1 N–H and O–H groups in total. The first-order valence-corrected chi connectivity index (χ1v) is 4.85. The average molecular weight is 234 g/mol. The van der Waals surface area contributed by atoms with Gasteiger partial charge >= 0.3 is 5.63 Å². The van der Waals surface area contributed by atoms with Crippen molar-refractivity contribution in [3.8, 4) is 0 Å². The van der Waals surface area contributed by atoms with Crippen molar-refractivity contribution in [2.24, 2.45) is 7.05 Å². The zero-order valence-corrected chi connectivity index (χ0v) is 9.30. The monoisotopic (exact) mass is 234 g/mol. The molecule has 0 aliphatic rings. The number of carbonyl (C=O) groups is 1. The smallest absolute Gasteiger partial charge is 0.336 e. The Balaban J connectivity index is 2.30. The van der Waals surface area contributed by atoms with Crippen LogP contribution in [-0.2, 0) is 7.05 Å². The summed E-state index contributed by atoms with van der Waals surface area (Å²) in [6.45, 7) is 1.62. The van der Waals surface area contributed by atoms with E-state index < -0.39 is 11.5 Å². The van der Waals surface area contributed by atoms with Gasteiger partial charge in [-0.3, -0.25) is 10.1 Å². The highest BCUT2D eigenvalue weighted by molar-refractivity contribution is 6.03. The van der Waals surface area contributed by atoms with Crippen LogP contribution < -0.4 is 10.9 Å². The fourth-order valence-corrected chi connectivity index (χ4v) is 1.33. The molecule has 0 saturated carbocycles. The maximum Gasteiger partial charge on any atom is 0.370 e. The van der Waals surface area contributed by atoms with Crippen molar-refractivity contribution in [2.75, 3.05) is 5.32 Å². The molecule has 0 spiro atoms. The number of aryl methyl sites for hydroxylation is 1. The molecule has 2 rings (SSSR count). The van der Waals surface area contributed by atoms with Gasteiger partial charge in [0.25, 0.3) is 5.91 Å². The second-order valence-corrected chi connectivity index (χ2v) is 3.36. The van der Waals surface area contributed by atoms with Crippen molar-refractivity contribution in [1.82, 2.24) is 14.7 Å². The molecular formula is C10H10N4O3. The van der Waals surface area contributed by atoms with Crippen LogP contribution in [0.25, 0.3) is 0 Å². The second-order valence-electron chi connectivity index (χ2n) is 3.36. The van der Waals surface area contributed by atoms with E-state index in [1.54, 1.807) is 20.0 Å². The lowest BCUT2D eigenvalue weighted by Gasteiger charge is -2.00. The average Bonchev–Trinajstić information content (AvgIpc) is 2.54. The van der Waals surface area contributed by atoms with Gasteiger partial charge in [-0.15, -0.1) is 0 Å². The summed E-state index contributed by atoms with van der Waals surface area (Å²) in [5.41, 5.74) is -0.276. The molecule has 0 radical (unpaired) electrons. The SMILES string of the molecule is Cc1c(C(=O)Nc2ncccn2)c(=O)on1C. The minimum atomic E-state index is -0.682. The summed E-state index contributed by atoms with van der Waals surface area (Å²) in [7, 11) is 1.55. The van der Waals surface area contributed by atoms with Gasteiger partial charge in [-0.1, -0.05) is 0 Å². The van der Waals surface area contributed by atoms with Crippen molar-refractivity contribution in [3.05, 3.63) is 40.1 Å². The lowest BCUT2D eigenvalue weighted by atomic mass is 10.2. The molecular weight excluding hydrogens is 224 g/mol. The van der Waals surface area contributed by atoms with Crippen LogP contribution in [0.15, 0.2) is 27.8 Å². The van der Waals surface area contributed by atoms with Crippen molar-refractivity contribution < 1.29 is 9.32 Å². The number of nitrogens with one attached hydrogen (secondary N) is 1. The molecule has 17 heavy (non-hydrogen) atoms. The van der Waals surface area contributed by atoms with E-state index in [1.165, 1.54) is 17.1 Å². The molecule has 7 nitrogen and oxygen atoms in total. The van der Waals surface area contributed by atoms with E-state index >= 15 is 0 Å². The Bertz CT molecular complexity index is 600. The number of hydrogen-bond acceptors (Lipinski definition) is 5. The molecule has 0 aliphatic carbocycles. The van der Waals surface area contributed by atoms with Gasteiger partial charge in [0, 0.05) is 19.4 Å². The molecule has 0 saturated heterocycles. The Morgan fingerprint density at radius 2 is 2.06 bits per heavy atom. The lowest BCUT2D eigenvalue weighted by Crippen LogP contribution is -2.20. The topological polar surface area (TPSA) is 90.0 Å². The maximum atomic E-state index is 11.8. The summed E-state index contributed by atoms with van der Waals surface area (Å²) in [4.78, 5) is 30.9. The van der Waals surface area contributed by atoms with Crippen LogP contribution in [0.4, 0.5) is 5.95 Å². The first kappa shape index (κ1) is 11.1. The first-order chi connectivity index (χ1) is 8.09. The summed E-state index contributed by atoms with van der Waals surface area (Å²) in [6.07, 6.45) is 2.98. The standard InChI is InChI=1S/C10H10N4O3/c1-6-7(9(16)17-14(6)2)8(15)13-10-11-4-3-5-12-10/h3-5H,1-2H3,(H,11,12,13,15). The molecule has 0 bridgehead atoms. The Morgan fingerprint density at radius 3 is 2.59 bits per heavy atom. The van der Waals surface area contributed by atoms with Crippen LogP contribution in [0, 0.1) is 6.92 Å². The fraction of sp³-hybridized carbons (Fsp3) is 0.200. The van der Waals surface area contributed by atoms with Crippen LogP contribution in [-0.4, -0.2) is 20.6 Å². The van der Waals surface area contributed by atoms with E-state index in [9.17, 15) is 9.59 Å². The number of anilines is 1. The molecule has 0 aromatic carbocycles. The van der Waals surface area contributed by atoms with Crippen molar-refractivity contribution in [2.45, 2.75) is 6.92 Å². The van der Waals surface area contributed by atoms with Gasteiger partial charge in [-0.2, -0.15) is 0 Å². The first-order valence-electron chi connectivity index (χ1n) is 4.85. The van der Waals surface area contributed by atoms with Crippen LogP contribution in [0.3, 0.4) is 0 Å². The fourth-order valence-electron chi connectivity index (χ4n) is 1.33. The molecule has 0 aliphatic heterocycles. The summed E-state index contributed by atoms with van der Waals surface area (Å²) in [5.74, 6) is -0.441. The number of rotatable bonds is 2. The molecule has 7 heteroatoms. The zero-order valence-electron chi connectivity index (χ0n) is 9.30. The van der Waals surface area contributed by atoms with Crippen molar-refractivity contribution in [1.29, 1.82) is 0 Å². The number of hydrogen-bond donors (Lipinski definition) is 1. The van der Waals surface area contributed by atoms with E-state index in [-0.39, 0.29) is 11.5 Å². The molecule has 2 aromatic heterocycles. The molecule has 0 fully saturated rings. The molecule has 1 amide bonds. The lowest BCUT2D eigenvalue weighted by molar-refractivity contribution is 0.102. The van der Waals surface area contributed by atoms with E-state index in [2.05, 4.69) is 15.3 Å². The van der Waals surface area contributed by atoms with Gasteiger partial charge in [-0.05, 0) is 13.0 Å².